The van der Waals surface area contributed by atoms with Crippen LogP contribution in [0.1, 0.15) is 40.9 Å². The van der Waals surface area contributed by atoms with E-state index in [0.717, 1.165) is 16.7 Å². The molecule has 2 aromatic carbocycles. The van der Waals surface area contributed by atoms with Gasteiger partial charge in [0.05, 0.1) is 11.2 Å². The number of nitrogens with zero attached hydrogens (tertiary/aromatic N) is 3. The van der Waals surface area contributed by atoms with Crippen LogP contribution in [0.4, 0.5) is 0 Å². The molecule has 0 fully saturated rings. The van der Waals surface area contributed by atoms with E-state index in [1.807, 2.05) is 35.0 Å². The minimum Gasteiger partial charge on any atom is -0.348 e. The number of carbonyl (C=O) groups excluding carboxylic acids is 1. The summed E-state index contributed by atoms with van der Waals surface area (Å²) in [5.41, 5.74) is 3.16. The van der Waals surface area contributed by atoms with Crippen molar-refractivity contribution in [2.75, 3.05) is 13.1 Å². The molecule has 0 saturated carbocycles. The van der Waals surface area contributed by atoms with Gasteiger partial charge in [-0.05, 0) is 35.7 Å². The van der Waals surface area contributed by atoms with Crippen LogP contribution < -0.4 is 5.32 Å². The van der Waals surface area contributed by atoms with Crippen LogP contribution in [0.15, 0.2) is 66.1 Å². The summed E-state index contributed by atoms with van der Waals surface area (Å²) in [6.07, 6.45) is 5.37. The molecule has 0 bridgehead atoms. The van der Waals surface area contributed by atoms with Crippen LogP contribution in [0.25, 0.3) is 0 Å². The number of hydrogen-bond acceptors (Lipinski definition) is 4. The van der Waals surface area contributed by atoms with Gasteiger partial charge in [0.1, 0.15) is 0 Å². The topological polar surface area (TPSA) is 84.3 Å². The van der Waals surface area contributed by atoms with Crippen molar-refractivity contribution in [2.24, 2.45) is 0 Å². The van der Waals surface area contributed by atoms with Crippen LogP contribution in [-0.2, 0) is 23.1 Å². The maximum atomic E-state index is 12.9. The Morgan fingerprint density at radius 1 is 1.10 bits per heavy atom. The summed E-state index contributed by atoms with van der Waals surface area (Å²) >= 11 is 0. The van der Waals surface area contributed by atoms with Gasteiger partial charge in [-0.15, -0.1) is 0 Å². The number of carbonyl (C=O) groups is 1. The Morgan fingerprint density at radius 3 is 2.45 bits per heavy atom. The van der Waals surface area contributed by atoms with E-state index in [4.69, 9.17) is 0 Å². The molecule has 0 aliphatic carbocycles. The Kier molecular flexibility index (Phi) is 7.25. The monoisotopic (exact) mass is 440 g/mol. The Labute approximate surface area is 183 Å². The molecule has 7 nitrogen and oxygen atoms in total. The van der Waals surface area contributed by atoms with Crippen molar-refractivity contribution in [3.05, 3.63) is 83.4 Å². The van der Waals surface area contributed by atoms with Crippen molar-refractivity contribution < 1.29 is 13.2 Å². The third kappa shape index (κ3) is 5.21. The lowest BCUT2D eigenvalue weighted by Gasteiger charge is -2.19. The maximum Gasteiger partial charge on any atom is 0.251 e. The number of amides is 1. The second-order valence-corrected chi connectivity index (χ2v) is 9.19. The van der Waals surface area contributed by atoms with E-state index >= 15 is 0 Å². The number of hydrogen-bond donors (Lipinski definition) is 1. The Hall–Kier alpha value is -2.97. The highest BCUT2D eigenvalue weighted by molar-refractivity contribution is 7.89. The molecule has 0 aliphatic heterocycles. The molecule has 8 heteroatoms. The van der Waals surface area contributed by atoms with E-state index in [1.165, 1.54) is 10.4 Å². The molecule has 0 aliphatic rings. The molecule has 31 heavy (non-hydrogen) atoms. The lowest BCUT2D eigenvalue weighted by molar-refractivity contribution is 0.0950. The van der Waals surface area contributed by atoms with Crippen molar-refractivity contribution in [2.45, 2.75) is 38.8 Å². The molecule has 0 radical (unpaired) electrons. The standard InChI is InChI=1S/C23H28N4O3S/c1-4-27(5-2)31(29,30)21-11-10-18(3)22(14-21)23(28)25-15-19-8-6-7-9-20(19)16-26-13-12-24-17-26/h6-14,17H,4-5,15-16H2,1-3H3,(H,25,28). The molecule has 0 unspecified atom stereocenters. The first-order valence-corrected chi connectivity index (χ1v) is 11.7. The van der Waals surface area contributed by atoms with Gasteiger partial charge in [0, 0.05) is 44.1 Å². The molecule has 1 aromatic heterocycles. The maximum absolute atomic E-state index is 12.9. The van der Waals surface area contributed by atoms with Crippen LogP contribution in [0, 0.1) is 6.92 Å². The third-order valence-electron chi connectivity index (χ3n) is 5.27. The van der Waals surface area contributed by atoms with E-state index in [2.05, 4.69) is 10.3 Å². The minimum absolute atomic E-state index is 0.132. The summed E-state index contributed by atoms with van der Waals surface area (Å²) in [6.45, 7) is 7.15. The van der Waals surface area contributed by atoms with Gasteiger partial charge in [0.15, 0.2) is 0 Å². The van der Waals surface area contributed by atoms with Gasteiger partial charge >= 0.3 is 0 Å². The zero-order valence-electron chi connectivity index (χ0n) is 18.1. The van der Waals surface area contributed by atoms with Crippen LogP contribution in [0.5, 0.6) is 0 Å². The minimum atomic E-state index is -3.63. The number of imidazole rings is 1. The highest BCUT2D eigenvalue weighted by Crippen LogP contribution is 2.20. The van der Waals surface area contributed by atoms with E-state index in [9.17, 15) is 13.2 Å². The summed E-state index contributed by atoms with van der Waals surface area (Å²) in [5.74, 6) is -0.300. The number of aryl methyl sites for hydroxylation is 1. The summed E-state index contributed by atoms with van der Waals surface area (Å²) in [5, 5.41) is 2.94. The van der Waals surface area contributed by atoms with Crippen molar-refractivity contribution in [1.82, 2.24) is 19.2 Å². The van der Waals surface area contributed by atoms with Crippen LogP contribution in [0.3, 0.4) is 0 Å². The smallest absolute Gasteiger partial charge is 0.251 e. The van der Waals surface area contributed by atoms with Gasteiger partial charge in [-0.1, -0.05) is 44.2 Å². The average molecular weight is 441 g/mol. The van der Waals surface area contributed by atoms with Gasteiger partial charge < -0.3 is 9.88 Å². The van der Waals surface area contributed by atoms with E-state index in [0.29, 0.717) is 31.7 Å². The van der Waals surface area contributed by atoms with Crippen LogP contribution >= 0.6 is 0 Å². The SMILES string of the molecule is CCN(CC)S(=O)(=O)c1ccc(C)c(C(=O)NCc2ccccc2Cn2ccnc2)c1. The lowest BCUT2D eigenvalue weighted by Crippen LogP contribution is -2.31. The fraction of sp³-hybridized carbons (Fsp3) is 0.304. The largest absolute Gasteiger partial charge is 0.348 e. The van der Waals surface area contributed by atoms with Gasteiger partial charge in [-0.3, -0.25) is 4.79 Å². The Balaban J connectivity index is 1.79. The van der Waals surface area contributed by atoms with Crippen LogP contribution in [-0.4, -0.2) is 41.3 Å². The van der Waals surface area contributed by atoms with Gasteiger partial charge in [-0.25, -0.2) is 13.4 Å². The molecular formula is C23H28N4O3S. The first kappa shape index (κ1) is 22.7. The fourth-order valence-corrected chi connectivity index (χ4v) is 4.94. The fourth-order valence-electron chi connectivity index (χ4n) is 3.45. The molecule has 3 rings (SSSR count). The zero-order valence-corrected chi connectivity index (χ0v) is 18.9. The summed E-state index contributed by atoms with van der Waals surface area (Å²) in [6, 6.07) is 12.6. The molecule has 0 atom stereocenters. The third-order valence-corrected chi connectivity index (χ3v) is 7.31. The highest BCUT2D eigenvalue weighted by atomic mass is 32.2. The number of sulfonamides is 1. The quantitative estimate of drug-likeness (QED) is 0.554. The van der Waals surface area contributed by atoms with Crippen molar-refractivity contribution >= 4 is 15.9 Å². The first-order chi connectivity index (χ1) is 14.9. The molecule has 3 aromatic rings. The van der Waals surface area contributed by atoms with Crippen LogP contribution in [0.2, 0.25) is 0 Å². The predicted molar refractivity (Wildman–Crippen MR) is 120 cm³/mol. The number of benzene rings is 2. The van der Waals surface area contributed by atoms with Gasteiger partial charge in [0.25, 0.3) is 5.91 Å². The van der Waals surface area contributed by atoms with Crippen molar-refractivity contribution in [3.8, 4) is 0 Å². The second kappa shape index (κ2) is 9.89. The Morgan fingerprint density at radius 2 is 1.81 bits per heavy atom. The molecule has 0 spiro atoms. The molecule has 1 amide bonds. The predicted octanol–water partition coefficient (Wildman–Crippen LogP) is 3.20. The Bertz CT molecular complexity index is 1140. The normalized spacial score (nSPS) is 11.6. The summed E-state index contributed by atoms with van der Waals surface area (Å²) in [7, 11) is -3.63. The van der Waals surface area contributed by atoms with E-state index in [-0.39, 0.29) is 10.8 Å². The molecule has 0 saturated heterocycles. The number of aromatic nitrogens is 2. The zero-order chi connectivity index (χ0) is 22.4. The van der Waals surface area contributed by atoms with E-state index in [1.54, 1.807) is 45.4 Å². The number of nitrogens with one attached hydrogen (secondary N) is 1. The molecule has 164 valence electrons. The average Bonchev–Trinajstić information content (AvgIpc) is 3.27. The summed E-state index contributed by atoms with van der Waals surface area (Å²) < 4.78 is 29.0. The first-order valence-electron chi connectivity index (χ1n) is 10.3. The van der Waals surface area contributed by atoms with E-state index < -0.39 is 10.0 Å². The lowest BCUT2D eigenvalue weighted by atomic mass is 10.1. The number of rotatable bonds is 9. The van der Waals surface area contributed by atoms with Crippen molar-refractivity contribution in [3.63, 3.8) is 0 Å². The van der Waals surface area contributed by atoms with Gasteiger partial charge in [-0.2, -0.15) is 4.31 Å². The van der Waals surface area contributed by atoms with Crippen molar-refractivity contribution in [1.29, 1.82) is 0 Å². The molecule has 1 heterocycles. The second-order valence-electron chi connectivity index (χ2n) is 7.25. The molecule has 1 N–H and O–H groups in total. The highest BCUT2D eigenvalue weighted by Gasteiger charge is 2.23. The molecular weight excluding hydrogens is 412 g/mol. The summed E-state index contributed by atoms with van der Waals surface area (Å²) in [4.78, 5) is 17.1. The van der Waals surface area contributed by atoms with Gasteiger partial charge in [0.2, 0.25) is 10.0 Å².